The van der Waals surface area contributed by atoms with E-state index in [0.29, 0.717) is 4.88 Å². The van der Waals surface area contributed by atoms with Gasteiger partial charge in [0.25, 0.3) is 0 Å². The van der Waals surface area contributed by atoms with E-state index in [2.05, 4.69) is 27.6 Å². The molecule has 0 bridgehead atoms. The molecule has 4 nitrogen and oxygen atoms in total. The fraction of sp³-hybridized carbons (Fsp3) is 0.200. The molecule has 16 heavy (non-hydrogen) atoms. The summed E-state index contributed by atoms with van der Waals surface area (Å²) in [5, 5.41) is 0.871. The first-order chi connectivity index (χ1) is 7.69. The molecule has 0 atom stereocenters. The average Bonchev–Trinajstić information content (AvgIpc) is 2.66. The first kappa shape index (κ1) is 11.6. The number of carbonyl (C=O) groups is 1. The van der Waals surface area contributed by atoms with E-state index in [1.54, 1.807) is 19.4 Å². The summed E-state index contributed by atoms with van der Waals surface area (Å²) < 4.78 is 10.8. The first-order valence-electron chi connectivity index (χ1n) is 4.38. The quantitative estimate of drug-likeness (QED) is 0.618. The van der Waals surface area contributed by atoms with Crippen LogP contribution in [0.15, 0.2) is 12.3 Å². The number of thiophene rings is 1. The number of hydrogen-bond acceptors (Lipinski definition) is 5. The summed E-state index contributed by atoms with van der Waals surface area (Å²) in [5.41, 5.74) is 0. The van der Waals surface area contributed by atoms with Gasteiger partial charge < -0.3 is 9.47 Å². The lowest BCUT2D eigenvalue weighted by molar-refractivity contribution is 0.0605. The summed E-state index contributed by atoms with van der Waals surface area (Å²) in [5.74, 6) is 0.384. The van der Waals surface area contributed by atoms with Gasteiger partial charge in [0.15, 0.2) is 0 Å². The minimum atomic E-state index is -0.338. The highest BCUT2D eigenvalue weighted by Gasteiger charge is 2.20. The molecular formula is C10H8INO3S. The molecule has 0 N–H and O–H groups in total. The van der Waals surface area contributed by atoms with E-state index in [1.807, 2.05) is 0 Å². The largest absolute Gasteiger partial charge is 0.496 e. The van der Waals surface area contributed by atoms with Crippen LogP contribution in [0.1, 0.15) is 9.67 Å². The van der Waals surface area contributed by atoms with Crippen molar-refractivity contribution in [1.82, 2.24) is 4.98 Å². The molecule has 0 aromatic carbocycles. The van der Waals surface area contributed by atoms with Crippen molar-refractivity contribution in [2.24, 2.45) is 0 Å². The number of nitrogens with zero attached hydrogens (tertiary/aromatic N) is 1. The van der Waals surface area contributed by atoms with Gasteiger partial charge in [-0.25, -0.2) is 9.78 Å². The molecule has 0 aliphatic carbocycles. The third-order valence-electron chi connectivity index (χ3n) is 2.09. The van der Waals surface area contributed by atoms with Crippen molar-refractivity contribution in [3.63, 3.8) is 0 Å². The predicted octanol–water partition coefficient (Wildman–Crippen LogP) is 2.70. The number of hydrogen-bond donors (Lipinski definition) is 0. The molecule has 2 rings (SSSR count). The number of esters is 1. The number of methoxy groups -OCH3 is 2. The highest BCUT2D eigenvalue weighted by Crippen LogP contribution is 2.37. The van der Waals surface area contributed by atoms with Gasteiger partial charge in [-0.1, -0.05) is 0 Å². The predicted molar refractivity (Wildman–Crippen MR) is 70.2 cm³/mol. The van der Waals surface area contributed by atoms with E-state index in [4.69, 9.17) is 9.47 Å². The Balaban J connectivity index is 2.73. The lowest BCUT2D eigenvalue weighted by Crippen LogP contribution is -1.99. The van der Waals surface area contributed by atoms with Gasteiger partial charge in [0.2, 0.25) is 0 Å². The van der Waals surface area contributed by atoms with Crippen molar-refractivity contribution in [2.45, 2.75) is 0 Å². The summed E-state index contributed by atoms with van der Waals surface area (Å²) >= 11 is 3.42. The van der Waals surface area contributed by atoms with Crippen LogP contribution >= 0.6 is 33.9 Å². The van der Waals surface area contributed by atoms with E-state index in [-0.39, 0.29) is 5.97 Å². The summed E-state index contributed by atoms with van der Waals surface area (Å²) in [7, 11) is 2.97. The number of rotatable bonds is 2. The third kappa shape index (κ3) is 1.75. The third-order valence-corrected chi connectivity index (χ3v) is 4.61. The highest BCUT2D eigenvalue weighted by molar-refractivity contribution is 14.1. The number of carbonyl (C=O) groups excluding carboxylic acids is 1. The van der Waals surface area contributed by atoms with Crippen LogP contribution in [-0.2, 0) is 4.74 Å². The Morgan fingerprint density at radius 1 is 1.50 bits per heavy atom. The lowest BCUT2D eigenvalue weighted by Gasteiger charge is -2.00. The fourth-order valence-corrected chi connectivity index (χ4v) is 3.58. The Morgan fingerprint density at radius 3 is 2.88 bits per heavy atom. The standard InChI is InChI=1S/C10H8INO3S/c1-14-5-3-4-12-9-6(5)7(11)8(16-9)10(13)15-2/h3-4H,1-2H3. The molecule has 0 unspecified atom stereocenters. The SMILES string of the molecule is COC(=O)c1sc2nccc(OC)c2c1I. The monoisotopic (exact) mass is 349 g/mol. The number of fused-ring (bicyclic) bond motifs is 1. The second-order valence-corrected chi connectivity index (χ2v) is 5.01. The van der Waals surface area contributed by atoms with E-state index < -0.39 is 0 Å². The number of halogens is 1. The second-order valence-electron chi connectivity index (χ2n) is 2.93. The van der Waals surface area contributed by atoms with Gasteiger partial charge in [0, 0.05) is 6.20 Å². The molecule has 0 fully saturated rings. The Hall–Kier alpha value is -0.890. The Kier molecular flexibility index (Phi) is 3.29. The van der Waals surface area contributed by atoms with Crippen LogP contribution in [0, 0.1) is 3.57 Å². The van der Waals surface area contributed by atoms with Crippen LogP contribution in [0.2, 0.25) is 0 Å². The summed E-state index contributed by atoms with van der Waals surface area (Å²) in [4.78, 5) is 17.1. The molecule has 84 valence electrons. The first-order valence-corrected chi connectivity index (χ1v) is 6.28. The van der Waals surface area contributed by atoms with Gasteiger partial charge in [-0.3, -0.25) is 0 Å². The molecule has 6 heteroatoms. The van der Waals surface area contributed by atoms with Crippen molar-refractivity contribution in [3.05, 3.63) is 20.7 Å². The van der Waals surface area contributed by atoms with Crippen molar-refractivity contribution in [2.75, 3.05) is 14.2 Å². The number of aromatic nitrogens is 1. The van der Waals surface area contributed by atoms with Gasteiger partial charge >= 0.3 is 5.97 Å². The van der Waals surface area contributed by atoms with E-state index in [0.717, 1.165) is 19.5 Å². The zero-order valence-corrected chi connectivity index (χ0v) is 11.6. The molecule has 0 spiro atoms. The van der Waals surface area contributed by atoms with Crippen LogP contribution in [0.5, 0.6) is 5.75 Å². The van der Waals surface area contributed by atoms with Gasteiger partial charge in [-0.05, 0) is 28.7 Å². The van der Waals surface area contributed by atoms with Gasteiger partial charge in [-0.15, -0.1) is 11.3 Å². The number of pyridine rings is 1. The van der Waals surface area contributed by atoms with E-state index >= 15 is 0 Å². The fourth-order valence-electron chi connectivity index (χ4n) is 1.35. The molecule has 0 aliphatic heterocycles. The van der Waals surface area contributed by atoms with Crippen LogP contribution in [-0.4, -0.2) is 25.2 Å². The molecule has 2 aromatic heterocycles. The average molecular weight is 349 g/mol. The van der Waals surface area contributed by atoms with Gasteiger partial charge in [0.1, 0.15) is 15.5 Å². The van der Waals surface area contributed by atoms with Crippen molar-refractivity contribution in [3.8, 4) is 5.75 Å². The maximum atomic E-state index is 11.5. The van der Waals surface area contributed by atoms with Crippen molar-refractivity contribution < 1.29 is 14.3 Å². The maximum absolute atomic E-state index is 11.5. The lowest BCUT2D eigenvalue weighted by atomic mass is 10.3. The van der Waals surface area contributed by atoms with E-state index in [9.17, 15) is 4.79 Å². The topological polar surface area (TPSA) is 48.4 Å². The van der Waals surface area contributed by atoms with Gasteiger partial charge in [0.05, 0.1) is 23.2 Å². The van der Waals surface area contributed by atoms with Crippen LogP contribution in [0.25, 0.3) is 10.2 Å². The minimum absolute atomic E-state index is 0.338. The molecule has 2 heterocycles. The van der Waals surface area contributed by atoms with Crippen molar-refractivity contribution in [1.29, 1.82) is 0 Å². The number of ether oxygens (including phenoxy) is 2. The maximum Gasteiger partial charge on any atom is 0.349 e. The minimum Gasteiger partial charge on any atom is -0.496 e. The zero-order chi connectivity index (χ0) is 11.7. The van der Waals surface area contributed by atoms with Crippen molar-refractivity contribution >= 4 is 50.1 Å². The zero-order valence-electron chi connectivity index (χ0n) is 8.61. The Morgan fingerprint density at radius 2 is 2.25 bits per heavy atom. The molecule has 0 radical (unpaired) electrons. The van der Waals surface area contributed by atoms with Gasteiger partial charge in [-0.2, -0.15) is 0 Å². The second kappa shape index (κ2) is 4.54. The van der Waals surface area contributed by atoms with Crippen LogP contribution in [0.4, 0.5) is 0 Å². The molecule has 0 saturated carbocycles. The smallest absolute Gasteiger partial charge is 0.349 e. The molecule has 2 aromatic rings. The molecular weight excluding hydrogens is 341 g/mol. The Labute approximate surface area is 110 Å². The molecule has 0 aliphatic rings. The normalized spacial score (nSPS) is 10.4. The summed E-state index contributed by atoms with van der Waals surface area (Å²) in [6, 6.07) is 1.78. The molecule has 0 saturated heterocycles. The molecule has 0 amide bonds. The summed E-state index contributed by atoms with van der Waals surface area (Å²) in [6.45, 7) is 0. The van der Waals surface area contributed by atoms with Crippen LogP contribution < -0.4 is 4.74 Å². The van der Waals surface area contributed by atoms with Crippen LogP contribution in [0.3, 0.4) is 0 Å². The Bertz CT molecular complexity index is 552. The summed E-state index contributed by atoms with van der Waals surface area (Å²) in [6.07, 6.45) is 1.66. The van der Waals surface area contributed by atoms with E-state index in [1.165, 1.54) is 18.4 Å². The highest BCUT2D eigenvalue weighted by atomic mass is 127.